The quantitative estimate of drug-likeness (QED) is 0.797. The standard InChI is InChI=1S/C23H27FN4O3/c1-13(2)18-5-3-4-14-10-27(12-19(14)18)21(29)7-15-6-20(26-22(15)30)23(31)28-11-16(24)8-17(28)9-25/h3-5,13,15-17,20H,6-8,10-12H2,1-2H3,(H,26,30)/t15-,16?,17-,20-/m0/s1. The third kappa shape index (κ3) is 4.01. The molecule has 2 fully saturated rings. The molecule has 4 atom stereocenters. The summed E-state index contributed by atoms with van der Waals surface area (Å²) in [4.78, 5) is 41.1. The number of nitrogens with zero attached hydrogens (tertiary/aromatic N) is 3. The van der Waals surface area contributed by atoms with Crippen molar-refractivity contribution in [2.75, 3.05) is 6.54 Å². The van der Waals surface area contributed by atoms with E-state index in [-0.39, 0.29) is 37.6 Å². The number of rotatable bonds is 4. The summed E-state index contributed by atoms with van der Waals surface area (Å²) in [5.41, 5.74) is 3.56. The topological polar surface area (TPSA) is 93.5 Å². The van der Waals surface area contributed by atoms with Crippen molar-refractivity contribution in [3.8, 4) is 6.07 Å². The summed E-state index contributed by atoms with van der Waals surface area (Å²) < 4.78 is 13.7. The maximum Gasteiger partial charge on any atom is 0.246 e. The molecule has 3 aliphatic rings. The second-order valence-corrected chi connectivity index (χ2v) is 9.06. The molecule has 0 aliphatic carbocycles. The summed E-state index contributed by atoms with van der Waals surface area (Å²) in [6.45, 7) is 5.19. The van der Waals surface area contributed by atoms with Crippen molar-refractivity contribution in [3.05, 3.63) is 34.9 Å². The number of benzene rings is 1. The van der Waals surface area contributed by atoms with Crippen LogP contribution in [0.4, 0.5) is 4.39 Å². The fraction of sp³-hybridized carbons (Fsp3) is 0.565. The average molecular weight is 426 g/mol. The molecule has 0 aromatic heterocycles. The van der Waals surface area contributed by atoms with Gasteiger partial charge in [0.05, 0.1) is 12.6 Å². The molecule has 1 aromatic rings. The van der Waals surface area contributed by atoms with Crippen LogP contribution in [0.15, 0.2) is 18.2 Å². The van der Waals surface area contributed by atoms with Crippen LogP contribution in [0.2, 0.25) is 0 Å². The summed E-state index contributed by atoms with van der Waals surface area (Å²) in [7, 11) is 0. The molecule has 0 bridgehead atoms. The zero-order valence-corrected chi connectivity index (χ0v) is 17.8. The number of amides is 3. The molecule has 3 amide bonds. The highest BCUT2D eigenvalue weighted by Gasteiger charge is 2.44. The smallest absolute Gasteiger partial charge is 0.246 e. The number of hydrogen-bond acceptors (Lipinski definition) is 4. The minimum atomic E-state index is -1.23. The number of halogens is 1. The number of carbonyl (C=O) groups is 3. The van der Waals surface area contributed by atoms with Crippen LogP contribution in [0.25, 0.3) is 0 Å². The Morgan fingerprint density at radius 2 is 2.06 bits per heavy atom. The second kappa shape index (κ2) is 8.29. The first-order valence-electron chi connectivity index (χ1n) is 10.8. The fourth-order valence-corrected chi connectivity index (χ4v) is 4.93. The largest absolute Gasteiger partial charge is 0.344 e. The van der Waals surface area contributed by atoms with E-state index in [1.807, 2.05) is 18.2 Å². The number of hydrogen-bond donors (Lipinski definition) is 1. The predicted octanol–water partition coefficient (Wildman–Crippen LogP) is 2.01. The molecule has 8 heteroatoms. The van der Waals surface area contributed by atoms with Crippen molar-refractivity contribution in [2.24, 2.45) is 5.92 Å². The van der Waals surface area contributed by atoms with Crippen LogP contribution in [0.3, 0.4) is 0 Å². The first kappa shape index (κ1) is 21.3. The third-order valence-electron chi connectivity index (χ3n) is 6.60. The molecule has 0 spiro atoms. The van der Waals surface area contributed by atoms with Crippen LogP contribution < -0.4 is 5.32 Å². The molecule has 1 unspecified atom stereocenters. The first-order valence-corrected chi connectivity index (χ1v) is 10.8. The van der Waals surface area contributed by atoms with Gasteiger partial charge in [-0.2, -0.15) is 5.26 Å². The minimum Gasteiger partial charge on any atom is -0.344 e. The van der Waals surface area contributed by atoms with Crippen LogP contribution in [0, 0.1) is 17.2 Å². The van der Waals surface area contributed by atoms with Gasteiger partial charge in [0.15, 0.2) is 0 Å². The first-order chi connectivity index (χ1) is 14.8. The number of nitriles is 1. The molecule has 2 saturated heterocycles. The molecule has 31 heavy (non-hydrogen) atoms. The lowest BCUT2D eigenvalue weighted by Gasteiger charge is -2.22. The summed E-state index contributed by atoms with van der Waals surface area (Å²) in [6, 6.07) is 6.47. The van der Waals surface area contributed by atoms with E-state index < -0.39 is 30.1 Å². The molecule has 4 rings (SSSR count). The van der Waals surface area contributed by atoms with Crippen molar-refractivity contribution in [2.45, 2.75) is 70.4 Å². The van der Waals surface area contributed by atoms with E-state index in [1.54, 1.807) is 4.90 Å². The van der Waals surface area contributed by atoms with E-state index in [4.69, 9.17) is 0 Å². The molecule has 0 saturated carbocycles. The predicted molar refractivity (Wildman–Crippen MR) is 110 cm³/mol. The van der Waals surface area contributed by atoms with Crippen molar-refractivity contribution >= 4 is 17.7 Å². The van der Waals surface area contributed by atoms with Gasteiger partial charge in [0.2, 0.25) is 17.7 Å². The maximum absolute atomic E-state index is 13.7. The lowest BCUT2D eigenvalue weighted by atomic mass is 9.95. The van der Waals surface area contributed by atoms with Gasteiger partial charge in [0.25, 0.3) is 0 Å². The van der Waals surface area contributed by atoms with Crippen LogP contribution in [-0.4, -0.2) is 52.3 Å². The van der Waals surface area contributed by atoms with E-state index >= 15 is 0 Å². The number of fused-ring (bicyclic) bond motifs is 1. The number of nitrogens with one attached hydrogen (secondary N) is 1. The van der Waals surface area contributed by atoms with Crippen molar-refractivity contribution in [1.29, 1.82) is 5.26 Å². The number of carbonyl (C=O) groups excluding carboxylic acids is 3. The zero-order chi connectivity index (χ0) is 22.3. The summed E-state index contributed by atoms with van der Waals surface area (Å²) in [5.74, 6) is -1.12. The van der Waals surface area contributed by atoms with E-state index in [2.05, 4.69) is 25.2 Å². The highest BCUT2D eigenvalue weighted by molar-refractivity contribution is 5.94. The Balaban J connectivity index is 1.38. The van der Waals surface area contributed by atoms with Crippen LogP contribution in [0.5, 0.6) is 0 Å². The van der Waals surface area contributed by atoms with Gasteiger partial charge in [-0.05, 0) is 29.0 Å². The van der Waals surface area contributed by atoms with Gasteiger partial charge in [-0.15, -0.1) is 0 Å². The molecule has 0 radical (unpaired) electrons. The third-order valence-corrected chi connectivity index (χ3v) is 6.60. The Kier molecular flexibility index (Phi) is 5.69. The Hall–Kier alpha value is -2.95. The van der Waals surface area contributed by atoms with Gasteiger partial charge < -0.3 is 15.1 Å². The Morgan fingerprint density at radius 1 is 1.29 bits per heavy atom. The van der Waals surface area contributed by atoms with Crippen molar-refractivity contribution < 1.29 is 18.8 Å². The van der Waals surface area contributed by atoms with Gasteiger partial charge in [-0.1, -0.05) is 32.0 Å². The summed E-state index contributed by atoms with van der Waals surface area (Å²) in [5, 5.41) is 11.8. The van der Waals surface area contributed by atoms with Crippen LogP contribution in [0.1, 0.15) is 55.7 Å². The van der Waals surface area contributed by atoms with Gasteiger partial charge in [-0.3, -0.25) is 14.4 Å². The second-order valence-electron chi connectivity index (χ2n) is 9.06. The highest BCUT2D eigenvalue weighted by Crippen LogP contribution is 2.32. The normalized spacial score (nSPS) is 27.4. The molecule has 3 aliphatic heterocycles. The average Bonchev–Trinajstić information content (AvgIpc) is 3.43. The van der Waals surface area contributed by atoms with E-state index in [0.717, 1.165) is 5.56 Å². The molecule has 164 valence electrons. The molecule has 1 aromatic carbocycles. The molecular weight excluding hydrogens is 399 g/mol. The van der Waals surface area contributed by atoms with Gasteiger partial charge in [0, 0.05) is 31.8 Å². The fourth-order valence-electron chi connectivity index (χ4n) is 4.93. The lowest BCUT2D eigenvalue weighted by Crippen LogP contribution is -2.46. The highest BCUT2D eigenvalue weighted by atomic mass is 19.1. The van der Waals surface area contributed by atoms with E-state index in [0.29, 0.717) is 19.0 Å². The van der Waals surface area contributed by atoms with Gasteiger partial charge >= 0.3 is 0 Å². The molecule has 7 nitrogen and oxygen atoms in total. The van der Waals surface area contributed by atoms with Crippen LogP contribution >= 0.6 is 0 Å². The van der Waals surface area contributed by atoms with Gasteiger partial charge in [0.1, 0.15) is 18.3 Å². The Bertz CT molecular complexity index is 957. The van der Waals surface area contributed by atoms with Crippen LogP contribution in [-0.2, 0) is 27.5 Å². The lowest BCUT2D eigenvalue weighted by molar-refractivity contribution is -0.135. The summed E-state index contributed by atoms with van der Waals surface area (Å²) >= 11 is 0. The van der Waals surface area contributed by atoms with Crippen molar-refractivity contribution in [3.63, 3.8) is 0 Å². The molecule has 1 N–H and O–H groups in total. The Morgan fingerprint density at radius 3 is 2.77 bits per heavy atom. The maximum atomic E-state index is 13.7. The monoisotopic (exact) mass is 426 g/mol. The van der Waals surface area contributed by atoms with Gasteiger partial charge in [-0.25, -0.2) is 4.39 Å². The van der Waals surface area contributed by atoms with E-state index in [1.165, 1.54) is 16.0 Å². The Labute approximate surface area is 181 Å². The SMILES string of the molecule is CC(C)c1cccc2c1CN(C(=O)C[C@@H]1C[C@@H](C(=O)N3CC(F)C[C@H]3C#N)NC1=O)C2. The molecular formula is C23H27FN4O3. The zero-order valence-electron chi connectivity index (χ0n) is 17.8. The van der Waals surface area contributed by atoms with E-state index in [9.17, 15) is 24.0 Å². The van der Waals surface area contributed by atoms with Crippen molar-refractivity contribution in [1.82, 2.24) is 15.1 Å². The molecule has 3 heterocycles. The minimum absolute atomic E-state index is 0.00128. The number of likely N-dealkylation sites (tertiary alicyclic amines) is 1. The number of alkyl halides is 1. The summed E-state index contributed by atoms with van der Waals surface area (Å²) in [6.07, 6.45) is -1.00.